The molecule has 0 saturated heterocycles. The minimum atomic E-state index is 0.651. The lowest BCUT2D eigenvalue weighted by Gasteiger charge is -2.13. The zero-order valence-electron chi connectivity index (χ0n) is 11.7. The Morgan fingerprint density at radius 1 is 1.14 bits per heavy atom. The fraction of sp³-hybridized carbons (Fsp3) is 0.250. The van der Waals surface area contributed by atoms with E-state index in [2.05, 4.69) is 21.2 Å². The van der Waals surface area contributed by atoms with Crippen molar-refractivity contribution in [3.63, 3.8) is 0 Å². The van der Waals surface area contributed by atoms with Crippen LogP contribution in [0.2, 0.25) is 5.02 Å². The summed E-state index contributed by atoms with van der Waals surface area (Å²) in [7, 11) is 1.69. The van der Waals surface area contributed by atoms with Crippen molar-refractivity contribution in [2.75, 3.05) is 20.3 Å². The van der Waals surface area contributed by atoms with Crippen molar-refractivity contribution in [1.82, 2.24) is 5.32 Å². The molecule has 0 heterocycles. The lowest BCUT2D eigenvalue weighted by atomic mass is 10.2. The van der Waals surface area contributed by atoms with Crippen LogP contribution in [-0.4, -0.2) is 20.3 Å². The van der Waals surface area contributed by atoms with E-state index in [-0.39, 0.29) is 0 Å². The first kappa shape index (κ1) is 16.3. The summed E-state index contributed by atoms with van der Waals surface area (Å²) < 4.78 is 11.9. The molecule has 2 aromatic carbocycles. The van der Waals surface area contributed by atoms with E-state index < -0.39 is 0 Å². The van der Waals surface area contributed by atoms with Gasteiger partial charge < -0.3 is 14.8 Å². The van der Waals surface area contributed by atoms with E-state index >= 15 is 0 Å². The smallest absolute Gasteiger partial charge is 0.141 e. The largest absolute Gasteiger partial charge is 0.456 e. The molecule has 0 radical (unpaired) electrons. The van der Waals surface area contributed by atoms with Gasteiger partial charge in [-0.15, -0.1) is 0 Å². The summed E-state index contributed by atoms with van der Waals surface area (Å²) >= 11 is 9.55. The molecule has 0 fully saturated rings. The summed E-state index contributed by atoms with van der Waals surface area (Å²) in [5, 5.41) is 3.95. The molecule has 0 atom stereocenters. The van der Waals surface area contributed by atoms with Crippen LogP contribution in [-0.2, 0) is 11.3 Å². The molecular weight excluding hydrogens is 354 g/mol. The van der Waals surface area contributed by atoms with Crippen molar-refractivity contribution >= 4 is 27.5 Å². The number of hydrogen-bond acceptors (Lipinski definition) is 3. The second-order valence-electron chi connectivity index (χ2n) is 4.45. The van der Waals surface area contributed by atoms with E-state index in [1.807, 2.05) is 42.5 Å². The molecule has 0 bridgehead atoms. The normalized spacial score (nSPS) is 10.6. The number of methoxy groups -OCH3 is 1. The topological polar surface area (TPSA) is 30.5 Å². The van der Waals surface area contributed by atoms with E-state index in [9.17, 15) is 0 Å². The lowest BCUT2D eigenvalue weighted by molar-refractivity contribution is 0.199. The number of para-hydroxylation sites is 1. The van der Waals surface area contributed by atoms with Crippen LogP contribution in [0.25, 0.3) is 0 Å². The van der Waals surface area contributed by atoms with Gasteiger partial charge in [0.15, 0.2) is 0 Å². The Balaban J connectivity index is 2.13. The monoisotopic (exact) mass is 369 g/mol. The molecule has 2 aromatic rings. The molecule has 0 aliphatic heterocycles. The molecule has 2 rings (SSSR count). The highest BCUT2D eigenvalue weighted by atomic mass is 79.9. The number of hydrogen-bond donors (Lipinski definition) is 1. The van der Waals surface area contributed by atoms with E-state index in [0.29, 0.717) is 18.2 Å². The zero-order chi connectivity index (χ0) is 15.1. The van der Waals surface area contributed by atoms with Gasteiger partial charge in [-0.05, 0) is 40.2 Å². The molecule has 112 valence electrons. The Morgan fingerprint density at radius 3 is 2.71 bits per heavy atom. The molecule has 0 spiro atoms. The van der Waals surface area contributed by atoms with Gasteiger partial charge in [0.1, 0.15) is 11.5 Å². The highest BCUT2D eigenvalue weighted by Gasteiger charge is 2.08. The van der Waals surface area contributed by atoms with Crippen molar-refractivity contribution in [3.05, 3.63) is 57.5 Å². The molecule has 3 nitrogen and oxygen atoms in total. The highest BCUT2D eigenvalue weighted by Crippen LogP contribution is 2.32. The van der Waals surface area contributed by atoms with Crippen molar-refractivity contribution in [2.45, 2.75) is 6.54 Å². The first-order valence-corrected chi connectivity index (χ1v) is 7.78. The highest BCUT2D eigenvalue weighted by molar-refractivity contribution is 9.10. The van der Waals surface area contributed by atoms with Crippen LogP contribution in [0.3, 0.4) is 0 Å². The van der Waals surface area contributed by atoms with Gasteiger partial charge in [-0.2, -0.15) is 0 Å². The molecule has 0 unspecified atom stereocenters. The van der Waals surface area contributed by atoms with Crippen molar-refractivity contribution in [3.8, 4) is 11.5 Å². The van der Waals surface area contributed by atoms with Crippen LogP contribution >= 0.6 is 27.5 Å². The van der Waals surface area contributed by atoms with E-state index in [4.69, 9.17) is 21.1 Å². The fourth-order valence-electron chi connectivity index (χ4n) is 1.81. The minimum Gasteiger partial charge on any atom is -0.456 e. The summed E-state index contributed by atoms with van der Waals surface area (Å²) in [6.45, 7) is 2.15. The maximum Gasteiger partial charge on any atom is 0.141 e. The number of rotatable bonds is 7. The second-order valence-corrected chi connectivity index (χ2v) is 5.74. The van der Waals surface area contributed by atoms with Crippen LogP contribution in [0, 0.1) is 0 Å². The van der Waals surface area contributed by atoms with Gasteiger partial charge in [-0.25, -0.2) is 0 Å². The Kier molecular flexibility index (Phi) is 6.51. The molecule has 0 aliphatic rings. The summed E-state index contributed by atoms with van der Waals surface area (Å²) in [5.41, 5.74) is 1.05. The van der Waals surface area contributed by atoms with Gasteiger partial charge in [0.05, 0.1) is 11.1 Å². The van der Waals surface area contributed by atoms with Crippen molar-refractivity contribution in [1.29, 1.82) is 0 Å². The number of benzene rings is 2. The van der Waals surface area contributed by atoms with E-state index in [1.165, 1.54) is 0 Å². The van der Waals surface area contributed by atoms with Gasteiger partial charge in [0.2, 0.25) is 0 Å². The first-order valence-electron chi connectivity index (χ1n) is 6.61. The average molecular weight is 371 g/mol. The first-order chi connectivity index (χ1) is 10.2. The molecule has 0 amide bonds. The maximum absolute atomic E-state index is 6.07. The standard InChI is InChI=1S/C16H17BrClNO2/c1-20-9-8-19-11-12-6-7-13(18)10-16(12)21-15-5-3-2-4-14(15)17/h2-7,10,19H,8-9,11H2,1H3. The predicted octanol–water partition coefficient (Wildman–Crippen LogP) is 4.63. The number of ether oxygens (including phenoxy) is 2. The van der Waals surface area contributed by atoms with Crippen LogP contribution < -0.4 is 10.1 Å². The zero-order valence-corrected chi connectivity index (χ0v) is 14.1. The molecule has 5 heteroatoms. The Morgan fingerprint density at radius 2 is 1.95 bits per heavy atom. The van der Waals surface area contributed by atoms with Crippen LogP contribution in [0.4, 0.5) is 0 Å². The molecule has 0 aliphatic carbocycles. The molecule has 1 N–H and O–H groups in total. The van der Waals surface area contributed by atoms with Gasteiger partial charge in [-0.1, -0.05) is 29.8 Å². The third-order valence-electron chi connectivity index (χ3n) is 2.88. The van der Waals surface area contributed by atoms with Gasteiger partial charge in [0, 0.05) is 30.8 Å². The van der Waals surface area contributed by atoms with Crippen LogP contribution in [0.5, 0.6) is 11.5 Å². The SMILES string of the molecule is COCCNCc1ccc(Cl)cc1Oc1ccccc1Br. The fourth-order valence-corrected chi connectivity index (χ4v) is 2.34. The third kappa shape index (κ3) is 5.00. The van der Waals surface area contributed by atoms with Crippen LogP contribution in [0.1, 0.15) is 5.56 Å². The van der Waals surface area contributed by atoms with Gasteiger partial charge in [0.25, 0.3) is 0 Å². The second kappa shape index (κ2) is 8.39. The summed E-state index contributed by atoms with van der Waals surface area (Å²) in [5.74, 6) is 1.51. The maximum atomic E-state index is 6.07. The molecule has 21 heavy (non-hydrogen) atoms. The van der Waals surface area contributed by atoms with Gasteiger partial charge >= 0.3 is 0 Å². The van der Waals surface area contributed by atoms with E-state index in [1.54, 1.807) is 7.11 Å². The molecule has 0 saturated carbocycles. The summed E-state index contributed by atoms with van der Waals surface area (Å²) in [6.07, 6.45) is 0. The van der Waals surface area contributed by atoms with E-state index in [0.717, 1.165) is 28.1 Å². The minimum absolute atomic E-state index is 0.651. The van der Waals surface area contributed by atoms with Crippen molar-refractivity contribution < 1.29 is 9.47 Å². The quantitative estimate of drug-likeness (QED) is 0.721. The van der Waals surface area contributed by atoms with Gasteiger partial charge in [-0.3, -0.25) is 0 Å². The Labute approximate surface area is 138 Å². The number of nitrogens with one attached hydrogen (secondary N) is 1. The third-order valence-corrected chi connectivity index (χ3v) is 3.77. The summed E-state index contributed by atoms with van der Waals surface area (Å²) in [4.78, 5) is 0. The molecule has 0 aromatic heterocycles. The Hall–Kier alpha value is -1.07. The Bertz CT molecular complexity index is 592. The lowest BCUT2D eigenvalue weighted by Crippen LogP contribution is -2.18. The summed E-state index contributed by atoms with van der Waals surface area (Å²) in [6, 6.07) is 13.4. The average Bonchev–Trinajstić information content (AvgIpc) is 2.48. The number of halogens is 2. The van der Waals surface area contributed by atoms with Crippen molar-refractivity contribution in [2.24, 2.45) is 0 Å². The molecular formula is C16H17BrClNO2. The van der Waals surface area contributed by atoms with Crippen LogP contribution in [0.15, 0.2) is 46.9 Å². The predicted molar refractivity (Wildman–Crippen MR) is 89.3 cm³/mol.